The van der Waals surface area contributed by atoms with Crippen LogP contribution in [0.4, 0.5) is 19.0 Å². The Balaban J connectivity index is 1.37. The molecular formula is C22H28F3N5O. The van der Waals surface area contributed by atoms with Gasteiger partial charge in [-0.1, -0.05) is 0 Å². The molecule has 0 unspecified atom stereocenters. The van der Waals surface area contributed by atoms with Gasteiger partial charge in [-0.3, -0.25) is 9.58 Å². The second-order valence-electron chi connectivity index (χ2n) is 9.44. The molecular weight excluding hydrogens is 407 g/mol. The highest BCUT2D eigenvalue weighted by Gasteiger charge is 2.59. The molecule has 2 saturated carbocycles. The fourth-order valence-electron chi connectivity index (χ4n) is 5.52. The number of aromatic nitrogens is 3. The molecule has 2 aliphatic carbocycles. The zero-order valence-corrected chi connectivity index (χ0v) is 17.9. The van der Waals surface area contributed by atoms with Crippen molar-refractivity contribution in [3.05, 3.63) is 29.6 Å². The van der Waals surface area contributed by atoms with E-state index in [9.17, 15) is 13.2 Å². The number of hydrogen-bond acceptors (Lipinski definition) is 5. The summed E-state index contributed by atoms with van der Waals surface area (Å²) in [6.07, 6.45) is -0.454. The van der Waals surface area contributed by atoms with E-state index in [1.54, 1.807) is 7.11 Å². The Labute approximate surface area is 179 Å². The molecule has 2 N–H and O–H groups in total. The van der Waals surface area contributed by atoms with Crippen molar-refractivity contribution >= 4 is 5.82 Å². The molecule has 1 saturated heterocycles. The van der Waals surface area contributed by atoms with Gasteiger partial charge in [0.1, 0.15) is 5.82 Å². The van der Waals surface area contributed by atoms with Gasteiger partial charge in [-0.25, -0.2) is 4.98 Å². The summed E-state index contributed by atoms with van der Waals surface area (Å²) >= 11 is 0. The molecule has 4 atom stereocenters. The van der Waals surface area contributed by atoms with Gasteiger partial charge in [0.25, 0.3) is 0 Å². The first-order chi connectivity index (χ1) is 14.7. The summed E-state index contributed by atoms with van der Waals surface area (Å²) in [5.41, 5.74) is 6.54. The zero-order valence-electron chi connectivity index (χ0n) is 17.9. The van der Waals surface area contributed by atoms with Gasteiger partial charge in [0.15, 0.2) is 0 Å². The summed E-state index contributed by atoms with van der Waals surface area (Å²) in [6, 6.07) is 3.76. The maximum Gasteiger partial charge on any atom is 0.419 e. The van der Waals surface area contributed by atoms with Gasteiger partial charge < -0.3 is 10.5 Å². The Morgan fingerprint density at radius 3 is 2.42 bits per heavy atom. The maximum atomic E-state index is 13.3. The SMILES string of the molecule is COC1CN([C@@H]2C[C@@H]3[C@H](C2)[C@H]3c2cc(-c3cnc(N)c(C(F)(F)F)c3)nn2C(C)C)C1. The number of ether oxygens (including phenoxy) is 1. The van der Waals surface area contributed by atoms with Crippen molar-refractivity contribution in [1.29, 1.82) is 0 Å². The van der Waals surface area contributed by atoms with Crippen LogP contribution in [0.3, 0.4) is 0 Å². The van der Waals surface area contributed by atoms with Crippen molar-refractivity contribution in [2.24, 2.45) is 11.8 Å². The second-order valence-corrected chi connectivity index (χ2v) is 9.44. The molecule has 168 valence electrons. The van der Waals surface area contributed by atoms with E-state index in [1.165, 1.54) is 19.0 Å². The van der Waals surface area contributed by atoms with Crippen LogP contribution < -0.4 is 5.73 Å². The van der Waals surface area contributed by atoms with Crippen LogP contribution in [0.1, 0.15) is 49.9 Å². The number of methoxy groups -OCH3 is 1. The minimum atomic E-state index is -4.54. The van der Waals surface area contributed by atoms with Gasteiger partial charge in [0.2, 0.25) is 0 Å². The van der Waals surface area contributed by atoms with Crippen LogP contribution in [0.2, 0.25) is 0 Å². The molecule has 2 aromatic heterocycles. The van der Waals surface area contributed by atoms with E-state index < -0.39 is 17.6 Å². The predicted octanol–water partition coefficient (Wildman–Crippen LogP) is 3.95. The van der Waals surface area contributed by atoms with E-state index in [4.69, 9.17) is 10.5 Å². The third kappa shape index (κ3) is 3.51. The van der Waals surface area contributed by atoms with Gasteiger partial charge in [0.05, 0.1) is 17.4 Å². The van der Waals surface area contributed by atoms with Crippen LogP contribution in [-0.4, -0.2) is 52.0 Å². The van der Waals surface area contributed by atoms with E-state index in [-0.39, 0.29) is 6.04 Å². The Morgan fingerprint density at radius 2 is 1.84 bits per heavy atom. The fraction of sp³-hybridized carbons (Fsp3) is 0.636. The van der Waals surface area contributed by atoms with E-state index in [0.717, 1.165) is 24.8 Å². The highest BCUT2D eigenvalue weighted by atomic mass is 19.4. The molecule has 31 heavy (non-hydrogen) atoms. The first kappa shape index (κ1) is 20.8. The van der Waals surface area contributed by atoms with Crippen LogP contribution >= 0.6 is 0 Å². The number of alkyl halides is 3. The van der Waals surface area contributed by atoms with Crippen LogP contribution in [0, 0.1) is 11.8 Å². The first-order valence-corrected chi connectivity index (χ1v) is 10.9. The number of halogens is 3. The Bertz CT molecular complexity index is 970. The summed E-state index contributed by atoms with van der Waals surface area (Å²) in [6.45, 7) is 6.14. The number of nitrogen functional groups attached to an aromatic ring is 1. The molecule has 0 aromatic carbocycles. The average Bonchev–Trinajstić information content (AvgIpc) is 3.03. The Kier molecular flexibility index (Phi) is 4.82. The fourth-order valence-corrected chi connectivity index (χ4v) is 5.52. The van der Waals surface area contributed by atoms with Crippen molar-refractivity contribution in [3.63, 3.8) is 0 Å². The monoisotopic (exact) mass is 435 g/mol. The Hall–Kier alpha value is -2.13. The van der Waals surface area contributed by atoms with E-state index in [1.807, 2.05) is 10.7 Å². The summed E-state index contributed by atoms with van der Waals surface area (Å²) in [5.74, 6) is 1.18. The van der Waals surface area contributed by atoms with Gasteiger partial charge in [-0.05, 0) is 50.7 Å². The molecule has 0 spiro atoms. The number of fused-ring (bicyclic) bond motifs is 1. The lowest BCUT2D eigenvalue weighted by atomic mass is 9.99. The largest absolute Gasteiger partial charge is 0.419 e. The quantitative estimate of drug-likeness (QED) is 0.770. The smallest absolute Gasteiger partial charge is 0.383 e. The van der Waals surface area contributed by atoms with Crippen LogP contribution in [0.5, 0.6) is 0 Å². The molecule has 0 radical (unpaired) electrons. The number of hydrogen-bond donors (Lipinski definition) is 1. The second kappa shape index (κ2) is 7.20. The van der Waals surface area contributed by atoms with Gasteiger partial charge in [0, 0.05) is 55.7 Å². The van der Waals surface area contributed by atoms with Crippen LogP contribution in [-0.2, 0) is 10.9 Å². The molecule has 0 bridgehead atoms. The summed E-state index contributed by atoms with van der Waals surface area (Å²) in [4.78, 5) is 6.29. The van der Waals surface area contributed by atoms with Crippen LogP contribution in [0.15, 0.2) is 18.3 Å². The lowest BCUT2D eigenvalue weighted by Crippen LogP contribution is -2.55. The summed E-state index contributed by atoms with van der Waals surface area (Å²) < 4.78 is 47.2. The molecule has 3 aliphatic rings. The van der Waals surface area contributed by atoms with Gasteiger partial charge in [-0.2, -0.15) is 18.3 Å². The molecule has 3 fully saturated rings. The number of pyridine rings is 1. The third-order valence-corrected chi connectivity index (χ3v) is 7.26. The topological polar surface area (TPSA) is 69.2 Å². The lowest BCUT2D eigenvalue weighted by molar-refractivity contribution is -0.137. The maximum absolute atomic E-state index is 13.3. The minimum absolute atomic E-state index is 0.127. The minimum Gasteiger partial charge on any atom is -0.383 e. The van der Waals surface area contributed by atoms with Crippen molar-refractivity contribution in [2.45, 2.75) is 57.0 Å². The van der Waals surface area contributed by atoms with Gasteiger partial charge in [-0.15, -0.1) is 0 Å². The van der Waals surface area contributed by atoms with Crippen molar-refractivity contribution in [2.75, 3.05) is 25.9 Å². The number of rotatable bonds is 5. The highest BCUT2D eigenvalue weighted by Crippen LogP contribution is 2.64. The third-order valence-electron chi connectivity index (χ3n) is 7.26. The average molecular weight is 435 g/mol. The standard InChI is InChI=1S/C22H28F3N5O/c1-11(2)30-19(20-15-5-13(6-16(15)20)29-9-14(10-29)31-3)7-18(28-30)12-4-17(22(23,24)25)21(26)27-8-12/h4,7-8,11,13-16,20H,5-6,9-10H2,1-3H3,(H2,26,27)/t13-,15-,16+,20+. The van der Waals surface area contributed by atoms with Crippen molar-refractivity contribution in [3.8, 4) is 11.3 Å². The first-order valence-electron chi connectivity index (χ1n) is 10.9. The van der Waals surface area contributed by atoms with E-state index in [0.29, 0.717) is 41.2 Å². The zero-order chi connectivity index (χ0) is 22.1. The van der Waals surface area contributed by atoms with E-state index >= 15 is 0 Å². The summed E-state index contributed by atoms with van der Waals surface area (Å²) in [7, 11) is 1.77. The van der Waals surface area contributed by atoms with E-state index in [2.05, 4.69) is 28.8 Å². The number of anilines is 1. The molecule has 3 heterocycles. The predicted molar refractivity (Wildman–Crippen MR) is 110 cm³/mol. The lowest BCUT2D eigenvalue weighted by Gasteiger charge is -2.43. The number of nitrogens with two attached hydrogens (primary N) is 1. The van der Waals surface area contributed by atoms with Crippen molar-refractivity contribution < 1.29 is 17.9 Å². The normalized spacial score (nSPS) is 28.7. The van der Waals surface area contributed by atoms with Crippen molar-refractivity contribution in [1.82, 2.24) is 19.7 Å². The van der Waals surface area contributed by atoms with Crippen LogP contribution in [0.25, 0.3) is 11.3 Å². The summed E-state index contributed by atoms with van der Waals surface area (Å²) in [5, 5.41) is 4.67. The molecule has 6 nitrogen and oxygen atoms in total. The molecule has 5 rings (SSSR count). The molecule has 9 heteroatoms. The Morgan fingerprint density at radius 1 is 1.16 bits per heavy atom. The number of likely N-dealkylation sites (tertiary alicyclic amines) is 1. The highest BCUT2D eigenvalue weighted by molar-refractivity contribution is 5.63. The molecule has 0 amide bonds. The number of nitrogens with zero attached hydrogens (tertiary/aromatic N) is 4. The van der Waals surface area contributed by atoms with Gasteiger partial charge >= 0.3 is 6.18 Å². The molecule has 2 aromatic rings. The molecule has 1 aliphatic heterocycles.